The minimum absolute atomic E-state index is 0.193. The number of rotatable bonds is 5. The van der Waals surface area contributed by atoms with Crippen molar-refractivity contribution < 1.29 is 14.7 Å². The Balaban J connectivity index is 1.39. The summed E-state index contributed by atoms with van der Waals surface area (Å²) in [6.07, 6.45) is 9.50. The molecule has 1 amide bonds. The predicted octanol–water partition coefficient (Wildman–Crippen LogP) is 2.47. The van der Waals surface area contributed by atoms with Crippen LogP contribution in [0.15, 0.2) is 12.3 Å². The molecular weight excluding hydrogens is 306 g/mol. The molecule has 6 nitrogen and oxygen atoms in total. The van der Waals surface area contributed by atoms with Crippen molar-refractivity contribution in [2.75, 3.05) is 6.54 Å². The van der Waals surface area contributed by atoms with E-state index >= 15 is 0 Å². The monoisotopic (exact) mass is 331 g/mol. The van der Waals surface area contributed by atoms with E-state index in [1.807, 2.05) is 0 Å². The van der Waals surface area contributed by atoms with Crippen LogP contribution in [0.1, 0.15) is 62.0 Å². The second kappa shape index (κ2) is 5.60. The third-order valence-electron chi connectivity index (χ3n) is 6.38. The van der Waals surface area contributed by atoms with Gasteiger partial charge < -0.3 is 10.4 Å². The lowest BCUT2D eigenvalue weighted by Gasteiger charge is -2.56. The van der Waals surface area contributed by atoms with E-state index in [4.69, 9.17) is 5.11 Å². The van der Waals surface area contributed by atoms with E-state index in [0.29, 0.717) is 11.1 Å². The Morgan fingerprint density at radius 3 is 2.42 bits per heavy atom. The Bertz CT molecular complexity index is 631. The molecule has 4 bridgehead atoms. The molecule has 0 spiro atoms. The second-order valence-electron chi connectivity index (χ2n) is 8.30. The van der Waals surface area contributed by atoms with Crippen molar-refractivity contribution in [3.8, 4) is 0 Å². The number of amides is 1. The number of aliphatic carboxylic acids is 1. The highest BCUT2D eigenvalue weighted by molar-refractivity contribution is 5.92. The van der Waals surface area contributed by atoms with E-state index in [-0.39, 0.29) is 5.91 Å². The lowest BCUT2D eigenvalue weighted by atomic mass is 9.49. The van der Waals surface area contributed by atoms with Gasteiger partial charge in [0.2, 0.25) is 0 Å². The van der Waals surface area contributed by atoms with Crippen LogP contribution in [-0.4, -0.2) is 33.3 Å². The van der Waals surface area contributed by atoms with Gasteiger partial charge in [0.25, 0.3) is 5.91 Å². The van der Waals surface area contributed by atoms with Crippen LogP contribution in [0.3, 0.4) is 0 Å². The molecular formula is C18H25N3O3. The minimum atomic E-state index is -0.960. The van der Waals surface area contributed by atoms with Crippen LogP contribution in [0, 0.1) is 23.2 Å². The van der Waals surface area contributed by atoms with Gasteiger partial charge in [0, 0.05) is 12.7 Å². The van der Waals surface area contributed by atoms with Crippen LogP contribution in [0.4, 0.5) is 0 Å². The zero-order valence-corrected chi connectivity index (χ0v) is 14.1. The van der Waals surface area contributed by atoms with E-state index in [9.17, 15) is 9.59 Å². The van der Waals surface area contributed by atoms with Crippen LogP contribution in [0.2, 0.25) is 0 Å². The first-order valence-electron chi connectivity index (χ1n) is 9.00. The number of hydrogen-bond acceptors (Lipinski definition) is 3. The molecule has 1 aromatic rings. The Morgan fingerprint density at radius 1 is 1.29 bits per heavy atom. The van der Waals surface area contributed by atoms with Gasteiger partial charge in [-0.2, -0.15) is 5.10 Å². The minimum Gasteiger partial charge on any atom is -0.480 e. The quantitative estimate of drug-likeness (QED) is 0.868. The Kier molecular flexibility index (Phi) is 3.66. The van der Waals surface area contributed by atoms with E-state index in [1.165, 1.54) is 43.2 Å². The van der Waals surface area contributed by atoms with Crippen molar-refractivity contribution in [1.29, 1.82) is 0 Å². The molecule has 130 valence electrons. The van der Waals surface area contributed by atoms with Gasteiger partial charge in [-0.3, -0.25) is 9.48 Å². The van der Waals surface area contributed by atoms with Crippen LogP contribution in [-0.2, 0) is 4.79 Å². The summed E-state index contributed by atoms with van der Waals surface area (Å²) in [7, 11) is 0. The zero-order chi connectivity index (χ0) is 16.9. The van der Waals surface area contributed by atoms with Crippen molar-refractivity contribution in [2.24, 2.45) is 23.2 Å². The number of nitrogens with zero attached hydrogens (tertiary/aromatic N) is 2. The molecule has 1 unspecified atom stereocenters. The summed E-state index contributed by atoms with van der Waals surface area (Å²) in [5.41, 5.74) is 0.592. The van der Waals surface area contributed by atoms with Crippen LogP contribution in [0.5, 0.6) is 0 Å². The first kappa shape index (κ1) is 15.7. The fourth-order valence-corrected chi connectivity index (χ4v) is 5.65. The molecule has 0 aromatic carbocycles. The maximum Gasteiger partial charge on any atom is 0.328 e. The van der Waals surface area contributed by atoms with Gasteiger partial charge in [-0.1, -0.05) is 0 Å². The van der Waals surface area contributed by atoms with E-state index in [2.05, 4.69) is 10.4 Å². The summed E-state index contributed by atoms with van der Waals surface area (Å²) >= 11 is 0. The topological polar surface area (TPSA) is 84.2 Å². The Morgan fingerprint density at radius 2 is 1.88 bits per heavy atom. The molecule has 1 heterocycles. The number of hydrogen-bond donors (Lipinski definition) is 2. The summed E-state index contributed by atoms with van der Waals surface area (Å²) in [6.45, 7) is 2.28. The van der Waals surface area contributed by atoms with E-state index in [1.54, 1.807) is 19.2 Å². The number of aromatic nitrogens is 2. The van der Waals surface area contributed by atoms with Crippen molar-refractivity contribution >= 4 is 11.9 Å². The average molecular weight is 331 g/mol. The van der Waals surface area contributed by atoms with Crippen LogP contribution >= 0.6 is 0 Å². The van der Waals surface area contributed by atoms with Crippen molar-refractivity contribution in [2.45, 2.75) is 51.5 Å². The largest absolute Gasteiger partial charge is 0.480 e. The normalized spacial score (nSPS) is 35.0. The highest BCUT2D eigenvalue weighted by Crippen LogP contribution is 2.59. The molecule has 4 aliphatic carbocycles. The predicted molar refractivity (Wildman–Crippen MR) is 87.5 cm³/mol. The molecule has 4 fully saturated rings. The van der Waals surface area contributed by atoms with Crippen LogP contribution < -0.4 is 5.32 Å². The van der Waals surface area contributed by atoms with E-state index in [0.717, 1.165) is 24.3 Å². The van der Waals surface area contributed by atoms with Crippen molar-refractivity contribution in [3.63, 3.8) is 0 Å². The van der Waals surface area contributed by atoms with Gasteiger partial charge in [-0.05, 0) is 74.7 Å². The Hall–Kier alpha value is -1.85. The molecule has 4 aliphatic rings. The molecule has 5 rings (SSSR count). The van der Waals surface area contributed by atoms with Crippen LogP contribution in [0.25, 0.3) is 0 Å². The highest BCUT2D eigenvalue weighted by Gasteiger charge is 2.50. The van der Waals surface area contributed by atoms with Crippen molar-refractivity contribution in [1.82, 2.24) is 15.1 Å². The number of carboxylic acid groups (broad SMARTS) is 1. The molecule has 0 saturated heterocycles. The second-order valence-corrected chi connectivity index (χ2v) is 8.30. The molecule has 2 N–H and O–H groups in total. The zero-order valence-electron chi connectivity index (χ0n) is 14.1. The Labute approximate surface area is 141 Å². The maximum atomic E-state index is 12.4. The van der Waals surface area contributed by atoms with Crippen molar-refractivity contribution in [3.05, 3.63) is 18.0 Å². The van der Waals surface area contributed by atoms with Gasteiger partial charge in [0.15, 0.2) is 0 Å². The smallest absolute Gasteiger partial charge is 0.328 e. The third-order valence-corrected chi connectivity index (χ3v) is 6.38. The molecule has 1 aromatic heterocycles. The SMILES string of the molecule is CC(C(=O)O)n1ccc(C(=O)NCC23CC4CC(CC(C4)C2)C3)n1. The number of carbonyl (C=O) groups is 2. The molecule has 24 heavy (non-hydrogen) atoms. The molecule has 1 atom stereocenters. The van der Waals surface area contributed by atoms with Gasteiger partial charge in [0.05, 0.1) is 0 Å². The standard InChI is InChI=1S/C18H25N3O3/c1-11(17(23)24)21-3-2-15(20-21)16(22)19-10-18-7-12-4-13(8-18)6-14(5-12)9-18/h2-3,11-14H,4-10H2,1H3,(H,19,22)(H,23,24). The molecule has 0 radical (unpaired) electrons. The molecule has 6 heteroatoms. The fraction of sp³-hybridized carbons (Fsp3) is 0.722. The molecule has 0 aliphatic heterocycles. The van der Waals surface area contributed by atoms with Gasteiger partial charge >= 0.3 is 5.97 Å². The lowest BCUT2D eigenvalue weighted by molar-refractivity contribution is -0.140. The third kappa shape index (κ3) is 2.72. The number of carbonyl (C=O) groups excluding carboxylic acids is 1. The summed E-state index contributed by atoms with van der Waals surface area (Å²) in [4.78, 5) is 23.4. The maximum absolute atomic E-state index is 12.4. The van der Waals surface area contributed by atoms with Gasteiger partial charge in [0.1, 0.15) is 11.7 Å². The average Bonchev–Trinajstić information content (AvgIpc) is 3.00. The van der Waals surface area contributed by atoms with Gasteiger partial charge in [-0.15, -0.1) is 0 Å². The number of nitrogens with one attached hydrogen (secondary N) is 1. The van der Waals surface area contributed by atoms with E-state index < -0.39 is 12.0 Å². The first-order chi connectivity index (χ1) is 11.4. The number of carboxylic acids is 1. The fourth-order valence-electron chi connectivity index (χ4n) is 5.65. The highest BCUT2D eigenvalue weighted by atomic mass is 16.4. The lowest BCUT2D eigenvalue weighted by Crippen LogP contribution is -2.51. The summed E-state index contributed by atoms with van der Waals surface area (Å²) in [5, 5.41) is 16.2. The summed E-state index contributed by atoms with van der Waals surface area (Å²) in [6, 6.07) is 0.823. The molecule has 4 saturated carbocycles. The van der Waals surface area contributed by atoms with Gasteiger partial charge in [-0.25, -0.2) is 4.79 Å². The summed E-state index contributed by atoms with van der Waals surface area (Å²) in [5.74, 6) is 1.44. The first-order valence-corrected chi connectivity index (χ1v) is 9.00. The summed E-state index contributed by atoms with van der Waals surface area (Å²) < 4.78 is 1.32.